The highest BCUT2D eigenvalue weighted by Gasteiger charge is 2.34. The molecule has 0 unspecified atom stereocenters. The van der Waals surface area contributed by atoms with E-state index in [0.29, 0.717) is 24.4 Å². The van der Waals surface area contributed by atoms with E-state index in [9.17, 15) is 18.0 Å². The lowest BCUT2D eigenvalue weighted by Gasteiger charge is -2.34. The van der Waals surface area contributed by atoms with Crippen molar-refractivity contribution in [1.82, 2.24) is 15.2 Å². The van der Waals surface area contributed by atoms with Crippen LogP contribution in [0.2, 0.25) is 0 Å². The van der Waals surface area contributed by atoms with Crippen molar-refractivity contribution in [2.45, 2.75) is 32.9 Å². The second kappa shape index (κ2) is 9.64. The minimum atomic E-state index is -4.43. The number of carbonyl (C=O) groups is 1. The van der Waals surface area contributed by atoms with Crippen molar-refractivity contribution in [3.8, 4) is 0 Å². The summed E-state index contributed by atoms with van der Waals surface area (Å²) in [6.45, 7) is 8.30. The lowest BCUT2D eigenvalue weighted by atomic mass is 9.95. The minimum absolute atomic E-state index is 0.00621. The predicted octanol–water partition coefficient (Wildman–Crippen LogP) is 3.93. The molecule has 0 radical (unpaired) electrons. The van der Waals surface area contributed by atoms with Crippen LogP contribution < -0.4 is 10.2 Å². The second-order valence-electron chi connectivity index (χ2n) is 7.73. The summed E-state index contributed by atoms with van der Waals surface area (Å²) in [5, 5.41) is 3.55. The molecule has 1 N–H and O–H groups in total. The minimum Gasteiger partial charge on any atom is -0.371 e. The number of amides is 1. The fourth-order valence-corrected chi connectivity index (χ4v) is 4.00. The topological polar surface area (TPSA) is 48.5 Å². The highest BCUT2D eigenvalue weighted by molar-refractivity contribution is 5.94. The number of likely N-dealkylation sites (N-methyl/N-ethyl adjacent to an activating group) is 1. The van der Waals surface area contributed by atoms with Crippen molar-refractivity contribution < 1.29 is 18.0 Å². The molecule has 2 aromatic rings. The molecule has 3 rings (SSSR count). The summed E-state index contributed by atoms with van der Waals surface area (Å²) in [6.07, 6.45) is -1.27. The van der Waals surface area contributed by atoms with Gasteiger partial charge in [0.25, 0.3) is 0 Å². The Morgan fingerprint density at radius 3 is 2.53 bits per heavy atom. The molecule has 0 aliphatic carbocycles. The number of aromatic nitrogens is 1. The van der Waals surface area contributed by atoms with Crippen LogP contribution in [0.25, 0.3) is 10.9 Å². The number of hydrogen-bond donors (Lipinski definition) is 1. The number of rotatable bonds is 7. The zero-order valence-electron chi connectivity index (χ0n) is 17.5. The van der Waals surface area contributed by atoms with Crippen LogP contribution in [0.15, 0.2) is 30.5 Å². The summed E-state index contributed by atoms with van der Waals surface area (Å²) in [4.78, 5) is 20.3. The van der Waals surface area contributed by atoms with Gasteiger partial charge in [-0.15, -0.1) is 0 Å². The summed E-state index contributed by atoms with van der Waals surface area (Å²) in [7, 11) is 0. The van der Waals surface area contributed by atoms with Gasteiger partial charge in [0.15, 0.2) is 0 Å². The lowest BCUT2D eigenvalue weighted by Crippen LogP contribution is -2.42. The smallest absolute Gasteiger partial charge is 0.371 e. The molecular formula is C22H29F3N4O. The van der Waals surface area contributed by atoms with Crippen LogP contribution in [0.5, 0.6) is 0 Å². The van der Waals surface area contributed by atoms with Crippen molar-refractivity contribution in [3.63, 3.8) is 0 Å². The fourth-order valence-electron chi connectivity index (χ4n) is 4.00. The molecule has 0 spiro atoms. The van der Waals surface area contributed by atoms with Crippen LogP contribution >= 0.6 is 0 Å². The maximum absolute atomic E-state index is 13.3. The van der Waals surface area contributed by atoms with Gasteiger partial charge in [0.1, 0.15) is 0 Å². The standard InChI is InChI=1S/C22H29F3N4O/c1-3-28(4-2)15-20(30)27-14-16-9-12-29(13-10-16)19-8-7-18(22(23,24)25)21-17(19)6-5-11-26-21/h5-8,11,16H,3-4,9-10,12-15H2,1-2H3,(H,27,30). The fraction of sp³-hybridized carbons (Fsp3) is 0.545. The van der Waals surface area contributed by atoms with E-state index in [1.54, 1.807) is 18.2 Å². The van der Waals surface area contributed by atoms with Gasteiger partial charge in [0.2, 0.25) is 5.91 Å². The molecular weight excluding hydrogens is 393 g/mol. The second-order valence-corrected chi connectivity index (χ2v) is 7.73. The highest BCUT2D eigenvalue weighted by Crippen LogP contribution is 2.38. The van der Waals surface area contributed by atoms with E-state index < -0.39 is 11.7 Å². The Morgan fingerprint density at radius 1 is 1.20 bits per heavy atom. The number of nitrogens with one attached hydrogen (secondary N) is 1. The molecule has 1 aliphatic rings. The summed E-state index contributed by atoms with van der Waals surface area (Å²) in [5.74, 6) is 0.418. The molecule has 30 heavy (non-hydrogen) atoms. The van der Waals surface area contributed by atoms with Crippen LogP contribution in [0.1, 0.15) is 32.3 Å². The van der Waals surface area contributed by atoms with Crippen LogP contribution in [-0.2, 0) is 11.0 Å². The number of alkyl halides is 3. The molecule has 1 fully saturated rings. The van der Waals surface area contributed by atoms with Crippen LogP contribution in [-0.4, -0.2) is 55.1 Å². The first kappa shape index (κ1) is 22.3. The molecule has 1 aliphatic heterocycles. The number of fused-ring (bicyclic) bond motifs is 1. The molecule has 0 atom stereocenters. The third kappa shape index (κ3) is 5.22. The van der Waals surface area contributed by atoms with E-state index in [1.165, 1.54) is 6.20 Å². The van der Waals surface area contributed by atoms with Gasteiger partial charge in [-0.05, 0) is 56.1 Å². The first-order chi connectivity index (χ1) is 14.3. The average Bonchev–Trinajstić information content (AvgIpc) is 2.75. The van der Waals surface area contributed by atoms with Crippen molar-refractivity contribution in [2.75, 3.05) is 44.2 Å². The Labute approximate surface area is 175 Å². The zero-order chi connectivity index (χ0) is 21.7. The number of anilines is 1. The van der Waals surface area contributed by atoms with E-state index in [1.807, 2.05) is 13.8 Å². The van der Waals surface area contributed by atoms with Crippen molar-refractivity contribution in [1.29, 1.82) is 0 Å². The Kier molecular flexibility index (Phi) is 7.18. The Bertz CT molecular complexity index is 859. The number of carbonyl (C=O) groups excluding carboxylic acids is 1. The molecule has 1 aromatic heterocycles. The number of benzene rings is 1. The lowest BCUT2D eigenvalue weighted by molar-refractivity contribution is -0.136. The van der Waals surface area contributed by atoms with E-state index in [4.69, 9.17) is 0 Å². The number of halogens is 3. The summed E-state index contributed by atoms with van der Waals surface area (Å²) >= 11 is 0. The molecule has 2 heterocycles. The zero-order valence-corrected chi connectivity index (χ0v) is 17.5. The monoisotopic (exact) mass is 422 g/mol. The third-order valence-corrected chi connectivity index (χ3v) is 5.86. The van der Waals surface area contributed by atoms with Crippen LogP contribution in [0, 0.1) is 5.92 Å². The first-order valence-electron chi connectivity index (χ1n) is 10.5. The van der Waals surface area contributed by atoms with Gasteiger partial charge >= 0.3 is 6.18 Å². The van der Waals surface area contributed by atoms with E-state index >= 15 is 0 Å². The summed E-state index contributed by atoms with van der Waals surface area (Å²) in [6, 6.07) is 6.06. The molecule has 5 nitrogen and oxygen atoms in total. The van der Waals surface area contributed by atoms with Gasteiger partial charge in [-0.3, -0.25) is 14.7 Å². The van der Waals surface area contributed by atoms with Crippen molar-refractivity contribution in [2.24, 2.45) is 5.92 Å². The molecule has 0 bridgehead atoms. The molecule has 1 saturated heterocycles. The highest BCUT2D eigenvalue weighted by atomic mass is 19.4. The van der Waals surface area contributed by atoms with E-state index in [0.717, 1.165) is 50.8 Å². The third-order valence-electron chi connectivity index (χ3n) is 5.86. The molecule has 1 amide bonds. The van der Waals surface area contributed by atoms with Gasteiger partial charge in [-0.1, -0.05) is 13.8 Å². The van der Waals surface area contributed by atoms with Crippen molar-refractivity contribution in [3.05, 3.63) is 36.0 Å². The Morgan fingerprint density at radius 2 is 1.90 bits per heavy atom. The molecule has 0 saturated carbocycles. The normalized spacial score (nSPS) is 15.7. The SMILES string of the molecule is CCN(CC)CC(=O)NCC1CCN(c2ccc(C(F)(F)F)c3ncccc23)CC1. The maximum atomic E-state index is 13.3. The van der Waals surface area contributed by atoms with Crippen molar-refractivity contribution >= 4 is 22.5 Å². The summed E-state index contributed by atoms with van der Waals surface area (Å²) in [5.41, 5.74) is 0.0797. The Hall–Kier alpha value is -2.35. The van der Waals surface area contributed by atoms with Gasteiger partial charge in [-0.25, -0.2) is 0 Å². The van der Waals surface area contributed by atoms with Gasteiger partial charge in [0.05, 0.1) is 17.6 Å². The first-order valence-corrected chi connectivity index (χ1v) is 10.5. The number of piperidine rings is 1. The molecule has 8 heteroatoms. The van der Waals surface area contributed by atoms with Gasteiger partial charge in [-0.2, -0.15) is 13.2 Å². The maximum Gasteiger partial charge on any atom is 0.418 e. The van der Waals surface area contributed by atoms with E-state index in [-0.39, 0.29) is 11.4 Å². The quantitative estimate of drug-likeness (QED) is 0.735. The number of nitrogens with zero attached hydrogens (tertiary/aromatic N) is 3. The number of pyridine rings is 1. The summed E-state index contributed by atoms with van der Waals surface area (Å²) < 4.78 is 40.0. The van der Waals surface area contributed by atoms with E-state index in [2.05, 4.69) is 20.1 Å². The van der Waals surface area contributed by atoms with Crippen LogP contribution in [0.4, 0.5) is 18.9 Å². The Balaban J connectivity index is 1.62. The largest absolute Gasteiger partial charge is 0.418 e. The average molecular weight is 422 g/mol. The molecule has 164 valence electrons. The van der Waals surface area contributed by atoms with Gasteiger partial charge < -0.3 is 10.2 Å². The van der Waals surface area contributed by atoms with Gasteiger partial charge in [0, 0.05) is 36.9 Å². The molecule has 1 aromatic carbocycles. The predicted molar refractivity (Wildman–Crippen MR) is 112 cm³/mol. The van der Waals surface area contributed by atoms with Crippen LogP contribution in [0.3, 0.4) is 0 Å². The number of hydrogen-bond acceptors (Lipinski definition) is 4.